The smallest absolute Gasteiger partial charge is 0.164 e. The predicted molar refractivity (Wildman–Crippen MR) is 46.8 cm³/mol. The van der Waals surface area contributed by atoms with Crippen molar-refractivity contribution in [3.05, 3.63) is 0 Å². The third kappa shape index (κ3) is 1.84. The van der Waals surface area contributed by atoms with Crippen molar-refractivity contribution in [2.45, 2.75) is 38.1 Å². The molecular formula is C7H14N2S. The van der Waals surface area contributed by atoms with Crippen LogP contribution >= 0.6 is 12.2 Å². The van der Waals surface area contributed by atoms with E-state index in [0.29, 0.717) is 5.11 Å². The number of rotatable bonds is 1. The molecule has 1 fully saturated rings. The van der Waals surface area contributed by atoms with E-state index in [-0.39, 0.29) is 5.54 Å². The molecule has 10 heavy (non-hydrogen) atoms. The summed E-state index contributed by atoms with van der Waals surface area (Å²) in [5, 5.41) is 3.56. The van der Waals surface area contributed by atoms with Crippen LogP contribution in [0.25, 0.3) is 0 Å². The van der Waals surface area contributed by atoms with E-state index >= 15 is 0 Å². The fraction of sp³-hybridized carbons (Fsp3) is 0.857. The Morgan fingerprint density at radius 3 is 2.40 bits per heavy atom. The van der Waals surface area contributed by atoms with E-state index in [2.05, 4.69) is 12.2 Å². The van der Waals surface area contributed by atoms with Crippen LogP contribution in [0.5, 0.6) is 0 Å². The molecule has 0 saturated heterocycles. The number of nitrogens with two attached hydrogens (primary N) is 1. The molecule has 0 radical (unpaired) electrons. The topological polar surface area (TPSA) is 38.0 Å². The highest BCUT2D eigenvalue weighted by molar-refractivity contribution is 7.80. The van der Waals surface area contributed by atoms with Gasteiger partial charge < -0.3 is 11.1 Å². The van der Waals surface area contributed by atoms with Crippen LogP contribution in [0.2, 0.25) is 0 Å². The summed E-state index contributed by atoms with van der Waals surface area (Å²) in [6, 6.07) is 0. The summed E-state index contributed by atoms with van der Waals surface area (Å²) in [7, 11) is 0. The quantitative estimate of drug-likeness (QED) is 0.562. The van der Waals surface area contributed by atoms with Gasteiger partial charge in [0.1, 0.15) is 0 Å². The minimum absolute atomic E-state index is 0.200. The molecule has 0 unspecified atom stereocenters. The highest BCUT2D eigenvalue weighted by Gasteiger charge is 2.28. The molecule has 3 N–H and O–H groups in total. The zero-order valence-electron chi connectivity index (χ0n) is 6.31. The fourth-order valence-corrected chi connectivity index (χ4v) is 1.82. The Morgan fingerprint density at radius 1 is 1.50 bits per heavy atom. The van der Waals surface area contributed by atoms with Crippen LogP contribution < -0.4 is 11.1 Å². The molecule has 0 heterocycles. The second-order valence-electron chi connectivity index (χ2n) is 3.26. The van der Waals surface area contributed by atoms with Crippen molar-refractivity contribution in [3.8, 4) is 0 Å². The zero-order valence-corrected chi connectivity index (χ0v) is 7.13. The van der Waals surface area contributed by atoms with Crippen LogP contribution in [0.1, 0.15) is 32.6 Å². The zero-order chi connectivity index (χ0) is 7.61. The first-order valence-corrected chi connectivity index (χ1v) is 4.11. The molecule has 3 heteroatoms. The molecule has 58 valence electrons. The number of thiocarbonyl (C=S) groups is 1. The van der Waals surface area contributed by atoms with Crippen molar-refractivity contribution < 1.29 is 0 Å². The molecule has 1 aliphatic rings. The van der Waals surface area contributed by atoms with E-state index in [9.17, 15) is 0 Å². The summed E-state index contributed by atoms with van der Waals surface area (Å²) in [5.74, 6) is 0. The average Bonchev–Trinajstić information content (AvgIpc) is 2.12. The first-order valence-electron chi connectivity index (χ1n) is 3.70. The Kier molecular flexibility index (Phi) is 2.14. The Labute approximate surface area is 67.2 Å². The molecule has 0 atom stereocenters. The van der Waals surface area contributed by atoms with Gasteiger partial charge in [-0.15, -0.1) is 0 Å². The molecule has 1 saturated carbocycles. The second-order valence-corrected chi connectivity index (χ2v) is 3.70. The third-order valence-electron chi connectivity index (χ3n) is 2.13. The molecule has 1 aliphatic carbocycles. The maximum Gasteiger partial charge on any atom is 0.164 e. The number of nitrogens with one attached hydrogen (secondary N) is 1. The van der Waals surface area contributed by atoms with Crippen LogP contribution in [-0.4, -0.2) is 10.7 Å². The predicted octanol–water partition coefficient (Wildman–Crippen LogP) is 1.15. The van der Waals surface area contributed by atoms with Crippen LogP contribution in [0, 0.1) is 0 Å². The maximum absolute atomic E-state index is 5.38. The normalized spacial score (nSPS) is 22.5. The Hall–Kier alpha value is -0.310. The van der Waals surface area contributed by atoms with Crippen molar-refractivity contribution in [3.63, 3.8) is 0 Å². The van der Waals surface area contributed by atoms with E-state index in [1.54, 1.807) is 0 Å². The van der Waals surface area contributed by atoms with E-state index in [0.717, 1.165) is 0 Å². The van der Waals surface area contributed by atoms with Crippen molar-refractivity contribution in [2.24, 2.45) is 5.73 Å². The largest absolute Gasteiger partial charge is 0.376 e. The summed E-state index contributed by atoms with van der Waals surface area (Å²) in [5.41, 5.74) is 5.58. The van der Waals surface area contributed by atoms with Gasteiger partial charge in [-0.05, 0) is 32.0 Å². The number of hydrogen-bond donors (Lipinski definition) is 2. The first-order chi connectivity index (χ1) is 4.62. The first kappa shape index (κ1) is 7.79. The van der Waals surface area contributed by atoms with Gasteiger partial charge in [-0.25, -0.2) is 0 Å². The Balaban J connectivity index is 2.43. The molecule has 0 spiro atoms. The standard InChI is InChI=1S/C7H14N2S/c1-7(9-6(8)10)4-2-3-5-7/h2-5H2,1H3,(H3,8,9,10). The van der Waals surface area contributed by atoms with Crippen LogP contribution in [0.4, 0.5) is 0 Å². The molecule has 0 aromatic carbocycles. The van der Waals surface area contributed by atoms with Gasteiger partial charge in [-0.2, -0.15) is 0 Å². The summed E-state index contributed by atoms with van der Waals surface area (Å²) in [4.78, 5) is 0. The average molecular weight is 158 g/mol. The highest BCUT2D eigenvalue weighted by atomic mass is 32.1. The van der Waals surface area contributed by atoms with E-state index < -0.39 is 0 Å². The maximum atomic E-state index is 5.38. The van der Waals surface area contributed by atoms with Crippen molar-refractivity contribution >= 4 is 17.3 Å². The van der Waals surface area contributed by atoms with Gasteiger partial charge in [-0.1, -0.05) is 12.8 Å². The minimum Gasteiger partial charge on any atom is -0.376 e. The van der Waals surface area contributed by atoms with Crippen LogP contribution in [0.3, 0.4) is 0 Å². The van der Waals surface area contributed by atoms with E-state index in [4.69, 9.17) is 18.0 Å². The van der Waals surface area contributed by atoms with Gasteiger partial charge in [0.05, 0.1) is 0 Å². The van der Waals surface area contributed by atoms with Gasteiger partial charge in [0.2, 0.25) is 0 Å². The van der Waals surface area contributed by atoms with Gasteiger partial charge >= 0.3 is 0 Å². The third-order valence-corrected chi connectivity index (χ3v) is 2.23. The van der Waals surface area contributed by atoms with Crippen molar-refractivity contribution in [1.82, 2.24) is 5.32 Å². The molecule has 0 aromatic heterocycles. The lowest BCUT2D eigenvalue weighted by Gasteiger charge is -2.25. The lowest BCUT2D eigenvalue weighted by Crippen LogP contribution is -2.46. The number of hydrogen-bond acceptors (Lipinski definition) is 1. The molecule has 0 aliphatic heterocycles. The van der Waals surface area contributed by atoms with Gasteiger partial charge in [0.25, 0.3) is 0 Å². The van der Waals surface area contributed by atoms with Crippen molar-refractivity contribution in [2.75, 3.05) is 0 Å². The van der Waals surface area contributed by atoms with Crippen LogP contribution in [-0.2, 0) is 0 Å². The summed E-state index contributed by atoms with van der Waals surface area (Å²) < 4.78 is 0. The van der Waals surface area contributed by atoms with Crippen molar-refractivity contribution in [1.29, 1.82) is 0 Å². The second kappa shape index (κ2) is 2.74. The lowest BCUT2D eigenvalue weighted by molar-refractivity contribution is 0.433. The molecule has 2 nitrogen and oxygen atoms in total. The Bertz CT molecular complexity index is 139. The minimum atomic E-state index is 0.200. The molecule has 0 amide bonds. The molecule has 1 rings (SSSR count). The van der Waals surface area contributed by atoms with Gasteiger partial charge in [-0.3, -0.25) is 0 Å². The molecular weight excluding hydrogens is 144 g/mol. The highest BCUT2D eigenvalue weighted by Crippen LogP contribution is 2.28. The molecule has 0 aromatic rings. The lowest BCUT2D eigenvalue weighted by atomic mass is 10.0. The Morgan fingerprint density at radius 2 is 2.00 bits per heavy atom. The summed E-state index contributed by atoms with van der Waals surface area (Å²) in [6.45, 7) is 2.18. The molecule has 0 bridgehead atoms. The fourth-order valence-electron chi connectivity index (χ4n) is 1.58. The van der Waals surface area contributed by atoms with E-state index in [1.165, 1.54) is 25.7 Å². The van der Waals surface area contributed by atoms with Crippen LogP contribution in [0.15, 0.2) is 0 Å². The van der Waals surface area contributed by atoms with Gasteiger partial charge in [0, 0.05) is 5.54 Å². The van der Waals surface area contributed by atoms with Gasteiger partial charge in [0.15, 0.2) is 5.11 Å². The van der Waals surface area contributed by atoms with E-state index in [1.807, 2.05) is 0 Å². The summed E-state index contributed by atoms with van der Waals surface area (Å²) >= 11 is 4.77. The summed E-state index contributed by atoms with van der Waals surface area (Å²) in [6.07, 6.45) is 4.99. The monoisotopic (exact) mass is 158 g/mol. The SMILES string of the molecule is CC1(NC(N)=S)CCCC1.